The molecule has 4 rings (SSSR count). The normalized spacial score (nSPS) is 10.8. The van der Waals surface area contributed by atoms with Crippen molar-refractivity contribution in [3.8, 4) is 22.8 Å². The Hall–Kier alpha value is -3.39. The number of carbonyl (C=O) groups is 1. The van der Waals surface area contributed by atoms with Gasteiger partial charge >= 0.3 is 0 Å². The van der Waals surface area contributed by atoms with Crippen molar-refractivity contribution < 1.29 is 18.7 Å². The van der Waals surface area contributed by atoms with E-state index in [2.05, 4.69) is 15.3 Å². The van der Waals surface area contributed by atoms with Crippen LogP contribution in [0.2, 0.25) is 0 Å². The summed E-state index contributed by atoms with van der Waals surface area (Å²) in [4.78, 5) is 20.0. The minimum atomic E-state index is -0.352. The molecule has 0 saturated carbocycles. The molecular weight excluding hydrogens is 381 g/mol. The molecule has 0 radical (unpaired) electrons. The van der Waals surface area contributed by atoms with Crippen molar-refractivity contribution in [2.24, 2.45) is 0 Å². The maximum absolute atomic E-state index is 13.3. The number of hydrogen-bond donors (Lipinski definition) is 2. The van der Waals surface area contributed by atoms with Gasteiger partial charge in [-0.2, -0.15) is 0 Å². The van der Waals surface area contributed by atoms with Crippen molar-refractivity contribution in [3.63, 3.8) is 0 Å². The van der Waals surface area contributed by atoms with Crippen LogP contribution in [0.1, 0.15) is 10.5 Å². The van der Waals surface area contributed by atoms with Gasteiger partial charge in [0.2, 0.25) is 0 Å². The van der Waals surface area contributed by atoms with Crippen molar-refractivity contribution in [1.82, 2.24) is 9.97 Å². The summed E-state index contributed by atoms with van der Waals surface area (Å²) in [7, 11) is 3.17. The van der Waals surface area contributed by atoms with Crippen molar-refractivity contribution >= 4 is 33.3 Å². The second-order valence-corrected chi connectivity index (χ2v) is 6.83. The Balaban J connectivity index is 1.58. The third-order valence-electron chi connectivity index (χ3n) is 4.23. The van der Waals surface area contributed by atoms with Crippen LogP contribution in [0.15, 0.2) is 47.8 Å². The minimum Gasteiger partial charge on any atom is -0.497 e. The van der Waals surface area contributed by atoms with Gasteiger partial charge in [-0.25, -0.2) is 9.37 Å². The van der Waals surface area contributed by atoms with Gasteiger partial charge < -0.3 is 14.5 Å². The van der Waals surface area contributed by atoms with Gasteiger partial charge in [-0.15, -0.1) is 11.3 Å². The first-order valence-electron chi connectivity index (χ1n) is 8.35. The third kappa shape index (κ3) is 3.41. The monoisotopic (exact) mass is 397 g/mol. The topological polar surface area (TPSA) is 76.2 Å². The Morgan fingerprint density at radius 2 is 2.00 bits per heavy atom. The Kier molecular flexibility index (Phi) is 4.70. The van der Waals surface area contributed by atoms with Crippen LogP contribution in [0.4, 0.5) is 9.52 Å². The molecule has 2 aromatic heterocycles. The molecule has 1 amide bonds. The number of nitrogens with zero attached hydrogens (tertiary/aromatic N) is 1. The first kappa shape index (κ1) is 18.0. The van der Waals surface area contributed by atoms with Gasteiger partial charge in [-0.1, -0.05) is 0 Å². The van der Waals surface area contributed by atoms with E-state index in [0.717, 1.165) is 5.56 Å². The predicted octanol–water partition coefficient (Wildman–Crippen LogP) is 4.70. The van der Waals surface area contributed by atoms with Crippen LogP contribution in [0.5, 0.6) is 11.5 Å². The number of hydrogen-bond acceptors (Lipinski definition) is 5. The van der Waals surface area contributed by atoms with E-state index in [1.54, 1.807) is 38.5 Å². The molecule has 2 N–H and O–H groups in total. The van der Waals surface area contributed by atoms with Crippen LogP contribution < -0.4 is 14.8 Å². The molecule has 2 aromatic carbocycles. The lowest BCUT2D eigenvalue weighted by atomic mass is 10.1. The number of methoxy groups -OCH3 is 2. The predicted molar refractivity (Wildman–Crippen MR) is 107 cm³/mol. The van der Waals surface area contributed by atoms with Gasteiger partial charge in [0.05, 0.1) is 19.9 Å². The molecule has 0 fully saturated rings. The zero-order valence-corrected chi connectivity index (χ0v) is 15.9. The maximum atomic E-state index is 13.3. The smallest absolute Gasteiger partial charge is 0.273 e. The second kappa shape index (κ2) is 7.32. The summed E-state index contributed by atoms with van der Waals surface area (Å²) in [5.74, 6) is 0.631. The zero-order chi connectivity index (χ0) is 19.7. The molecule has 0 aliphatic heterocycles. The summed E-state index contributed by atoms with van der Waals surface area (Å²) < 4.78 is 24.0. The lowest BCUT2D eigenvalue weighted by molar-refractivity contribution is 0.102. The molecule has 0 bridgehead atoms. The molecule has 2 heterocycles. The standard InChI is InChI=1S/C20H16FN3O3S/c1-26-13-4-6-18(27-2)14(9-13)17-10-28-20(23-17)24-19(25)16-8-11-7-12(21)3-5-15(11)22-16/h3-10,22H,1-2H3,(H,23,24,25). The van der Waals surface area contributed by atoms with Gasteiger partial charge in [-0.05, 0) is 42.5 Å². The van der Waals surface area contributed by atoms with E-state index < -0.39 is 0 Å². The summed E-state index contributed by atoms with van der Waals surface area (Å²) in [6.45, 7) is 0. The number of aromatic nitrogens is 2. The molecule has 4 aromatic rings. The molecule has 142 valence electrons. The Morgan fingerprint density at radius 1 is 1.14 bits per heavy atom. The second-order valence-electron chi connectivity index (χ2n) is 5.97. The number of benzene rings is 2. The molecule has 0 saturated heterocycles. The quantitative estimate of drug-likeness (QED) is 0.512. The highest BCUT2D eigenvalue weighted by Gasteiger charge is 2.15. The Labute approximate surface area is 163 Å². The zero-order valence-electron chi connectivity index (χ0n) is 15.1. The largest absolute Gasteiger partial charge is 0.497 e. The first-order chi connectivity index (χ1) is 13.6. The molecule has 0 unspecified atom stereocenters. The van der Waals surface area contributed by atoms with Gasteiger partial charge in [0.15, 0.2) is 5.13 Å². The van der Waals surface area contributed by atoms with E-state index in [1.165, 1.54) is 23.5 Å². The molecule has 0 aliphatic carbocycles. The lowest BCUT2D eigenvalue weighted by Gasteiger charge is -2.08. The molecule has 8 heteroatoms. The van der Waals surface area contributed by atoms with Crippen LogP contribution in [-0.2, 0) is 0 Å². The van der Waals surface area contributed by atoms with E-state index in [4.69, 9.17) is 9.47 Å². The van der Waals surface area contributed by atoms with E-state index in [-0.39, 0.29) is 11.7 Å². The Bertz CT molecular complexity index is 1170. The van der Waals surface area contributed by atoms with E-state index in [1.807, 2.05) is 11.4 Å². The van der Waals surface area contributed by atoms with Crippen molar-refractivity contribution in [3.05, 3.63) is 59.4 Å². The highest BCUT2D eigenvalue weighted by atomic mass is 32.1. The number of H-pyrrole nitrogens is 1. The summed E-state index contributed by atoms with van der Waals surface area (Å²) in [6.07, 6.45) is 0. The van der Waals surface area contributed by atoms with Gasteiger partial charge in [-0.3, -0.25) is 10.1 Å². The van der Waals surface area contributed by atoms with Crippen LogP contribution >= 0.6 is 11.3 Å². The fraction of sp³-hybridized carbons (Fsp3) is 0.100. The van der Waals surface area contributed by atoms with Gasteiger partial charge in [0.1, 0.15) is 23.0 Å². The number of amides is 1. The minimum absolute atomic E-state index is 0.330. The van der Waals surface area contributed by atoms with E-state index in [9.17, 15) is 9.18 Å². The average molecular weight is 397 g/mol. The van der Waals surface area contributed by atoms with Gasteiger partial charge in [0.25, 0.3) is 5.91 Å². The average Bonchev–Trinajstić information content (AvgIpc) is 3.34. The molecule has 0 atom stereocenters. The molecule has 6 nitrogen and oxygen atoms in total. The van der Waals surface area contributed by atoms with Crippen LogP contribution in [0, 0.1) is 5.82 Å². The van der Waals surface area contributed by atoms with Gasteiger partial charge in [0, 0.05) is 21.8 Å². The molecule has 0 aliphatic rings. The Morgan fingerprint density at radius 3 is 2.79 bits per heavy atom. The fourth-order valence-corrected chi connectivity index (χ4v) is 3.56. The lowest BCUT2D eigenvalue weighted by Crippen LogP contribution is -2.11. The SMILES string of the molecule is COc1ccc(OC)c(-c2csc(NC(=O)c3cc4cc(F)ccc4[nH]3)n2)c1. The summed E-state index contributed by atoms with van der Waals surface area (Å²) >= 11 is 1.30. The number of thiazole rings is 1. The number of fused-ring (bicyclic) bond motifs is 1. The fourth-order valence-electron chi connectivity index (χ4n) is 2.86. The molecule has 0 spiro atoms. The number of aromatic amines is 1. The van der Waals surface area contributed by atoms with E-state index >= 15 is 0 Å². The van der Waals surface area contributed by atoms with Crippen molar-refractivity contribution in [2.45, 2.75) is 0 Å². The van der Waals surface area contributed by atoms with Crippen molar-refractivity contribution in [2.75, 3.05) is 19.5 Å². The number of carbonyl (C=O) groups excluding carboxylic acids is 1. The van der Waals surface area contributed by atoms with Crippen LogP contribution in [-0.4, -0.2) is 30.1 Å². The number of nitrogens with one attached hydrogen (secondary N) is 2. The summed E-state index contributed by atoms with van der Waals surface area (Å²) in [5, 5.41) is 5.66. The number of anilines is 1. The number of ether oxygens (including phenoxy) is 2. The van der Waals surface area contributed by atoms with Crippen LogP contribution in [0.25, 0.3) is 22.2 Å². The highest BCUT2D eigenvalue weighted by molar-refractivity contribution is 7.14. The molecular formula is C20H16FN3O3S. The number of halogens is 1. The first-order valence-corrected chi connectivity index (χ1v) is 9.23. The third-order valence-corrected chi connectivity index (χ3v) is 4.99. The highest BCUT2D eigenvalue weighted by Crippen LogP contribution is 2.35. The summed E-state index contributed by atoms with van der Waals surface area (Å²) in [5.41, 5.74) is 2.44. The van der Waals surface area contributed by atoms with Crippen molar-refractivity contribution in [1.29, 1.82) is 0 Å². The van der Waals surface area contributed by atoms with E-state index in [0.29, 0.717) is 38.9 Å². The summed E-state index contributed by atoms with van der Waals surface area (Å²) in [6, 6.07) is 11.3. The molecule has 28 heavy (non-hydrogen) atoms. The number of rotatable bonds is 5. The maximum Gasteiger partial charge on any atom is 0.273 e. The van der Waals surface area contributed by atoms with Crippen LogP contribution in [0.3, 0.4) is 0 Å².